The lowest BCUT2D eigenvalue weighted by molar-refractivity contribution is 0.0792. The molecule has 0 aliphatic carbocycles. The first-order valence-corrected chi connectivity index (χ1v) is 8.45. The highest BCUT2D eigenvalue weighted by Gasteiger charge is 2.13. The number of nitrogens with zero attached hydrogens (tertiary/aromatic N) is 2. The monoisotopic (exact) mass is 371 g/mol. The van der Waals surface area contributed by atoms with Crippen molar-refractivity contribution in [2.75, 3.05) is 19.0 Å². The Labute approximate surface area is 156 Å². The second kappa shape index (κ2) is 8.91. The third-order valence-corrected chi connectivity index (χ3v) is 3.64. The molecule has 0 radical (unpaired) electrons. The van der Waals surface area contributed by atoms with Gasteiger partial charge in [0.1, 0.15) is 30.6 Å². The zero-order chi connectivity index (χ0) is 19.1. The van der Waals surface area contributed by atoms with Gasteiger partial charge in [0.15, 0.2) is 5.76 Å². The van der Waals surface area contributed by atoms with Gasteiger partial charge in [-0.25, -0.2) is 4.68 Å². The van der Waals surface area contributed by atoms with Gasteiger partial charge in [0, 0.05) is 6.61 Å². The highest BCUT2D eigenvalue weighted by molar-refractivity contribution is 6.02. The number of methoxy groups -OCH3 is 1. The SMILES string of the molecule is CCOCn1cc(NC(=O)c2ccc(COc3ccc(OC)cc3)o2)cn1. The van der Waals surface area contributed by atoms with Gasteiger partial charge in [-0.2, -0.15) is 5.10 Å². The van der Waals surface area contributed by atoms with E-state index in [1.807, 2.05) is 19.1 Å². The van der Waals surface area contributed by atoms with E-state index in [0.29, 0.717) is 30.5 Å². The minimum Gasteiger partial charge on any atom is -0.497 e. The van der Waals surface area contributed by atoms with E-state index in [2.05, 4.69) is 10.4 Å². The average molecular weight is 371 g/mol. The second-order valence-corrected chi connectivity index (χ2v) is 5.57. The number of ether oxygens (including phenoxy) is 3. The minimum atomic E-state index is -0.360. The van der Waals surface area contributed by atoms with Crippen molar-refractivity contribution in [1.29, 1.82) is 0 Å². The summed E-state index contributed by atoms with van der Waals surface area (Å²) in [5.41, 5.74) is 0.562. The van der Waals surface area contributed by atoms with E-state index in [9.17, 15) is 4.79 Å². The maximum absolute atomic E-state index is 12.3. The van der Waals surface area contributed by atoms with E-state index in [4.69, 9.17) is 18.6 Å². The van der Waals surface area contributed by atoms with Crippen LogP contribution in [0.4, 0.5) is 5.69 Å². The van der Waals surface area contributed by atoms with E-state index < -0.39 is 0 Å². The molecule has 0 fully saturated rings. The van der Waals surface area contributed by atoms with Crippen LogP contribution >= 0.6 is 0 Å². The molecule has 0 atom stereocenters. The molecule has 8 heteroatoms. The summed E-state index contributed by atoms with van der Waals surface area (Å²) in [6, 6.07) is 10.5. The smallest absolute Gasteiger partial charge is 0.291 e. The number of hydrogen-bond acceptors (Lipinski definition) is 6. The predicted molar refractivity (Wildman–Crippen MR) is 97.8 cm³/mol. The van der Waals surface area contributed by atoms with E-state index >= 15 is 0 Å². The number of anilines is 1. The lowest BCUT2D eigenvalue weighted by Gasteiger charge is -2.05. The summed E-state index contributed by atoms with van der Waals surface area (Å²) in [5, 5.41) is 6.83. The number of rotatable bonds is 9. The van der Waals surface area contributed by atoms with Crippen molar-refractivity contribution in [3.8, 4) is 11.5 Å². The Kier molecular flexibility index (Phi) is 6.11. The maximum Gasteiger partial charge on any atom is 0.291 e. The summed E-state index contributed by atoms with van der Waals surface area (Å²) in [4.78, 5) is 12.3. The quantitative estimate of drug-likeness (QED) is 0.621. The Bertz CT molecular complexity index is 870. The number of benzene rings is 1. The van der Waals surface area contributed by atoms with Crippen LogP contribution in [0.3, 0.4) is 0 Å². The topological polar surface area (TPSA) is 87.8 Å². The molecule has 3 rings (SSSR count). The zero-order valence-electron chi connectivity index (χ0n) is 15.2. The van der Waals surface area contributed by atoms with E-state index in [-0.39, 0.29) is 18.3 Å². The fraction of sp³-hybridized carbons (Fsp3) is 0.263. The Morgan fingerprint density at radius 3 is 2.70 bits per heavy atom. The van der Waals surface area contributed by atoms with Crippen LogP contribution in [0.5, 0.6) is 11.5 Å². The first-order valence-electron chi connectivity index (χ1n) is 8.45. The first-order chi connectivity index (χ1) is 13.2. The van der Waals surface area contributed by atoms with Gasteiger partial charge in [-0.3, -0.25) is 4.79 Å². The molecule has 1 aromatic carbocycles. The van der Waals surface area contributed by atoms with Crippen LogP contribution < -0.4 is 14.8 Å². The number of carbonyl (C=O) groups excluding carboxylic acids is 1. The van der Waals surface area contributed by atoms with Crippen molar-refractivity contribution < 1.29 is 23.4 Å². The summed E-state index contributed by atoms with van der Waals surface area (Å²) in [6.07, 6.45) is 3.23. The van der Waals surface area contributed by atoms with Gasteiger partial charge >= 0.3 is 0 Å². The van der Waals surface area contributed by atoms with Gasteiger partial charge in [0.25, 0.3) is 5.91 Å². The summed E-state index contributed by atoms with van der Waals surface area (Å²) >= 11 is 0. The van der Waals surface area contributed by atoms with Crippen LogP contribution in [-0.2, 0) is 18.1 Å². The second-order valence-electron chi connectivity index (χ2n) is 5.57. The average Bonchev–Trinajstić information content (AvgIpc) is 3.34. The van der Waals surface area contributed by atoms with Gasteiger partial charge in [-0.1, -0.05) is 0 Å². The molecule has 27 heavy (non-hydrogen) atoms. The number of carbonyl (C=O) groups is 1. The van der Waals surface area contributed by atoms with Crippen molar-refractivity contribution >= 4 is 11.6 Å². The first kappa shape index (κ1) is 18.5. The molecule has 0 saturated heterocycles. The molecule has 1 amide bonds. The molecule has 0 aliphatic heterocycles. The fourth-order valence-electron chi connectivity index (χ4n) is 2.28. The van der Waals surface area contributed by atoms with Gasteiger partial charge < -0.3 is 23.9 Å². The third kappa shape index (κ3) is 5.11. The van der Waals surface area contributed by atoms with Crippen LogP contribution in [0.15, 0.2) is 53.2 Å². The molecular weight excluding hydrogens is 350 g/mol. The molecule has 8 nitrogen and oxygen atoms in total. The highest BCUT2D eigenvalue weighted by atomic mass is 16.5. The van der Waals surface area contributed by atoms with Crippen LogP contribution in [0, 0.1) is 0 Å². The molecule has 2 aromatic heterocycles. The third-order valence-electron chi connectivity index (χ3n) is 3.64. The number of nitrogens with one attached hydrogen (secondary N) is 1. The number of hydrogen-bond donors (Lipinski definition) is 1. The Morgan fingerprint density at radius 1 is 1.19 bits per heavy atom. The summed E-state index contributed by atoms with van der Waals surface area (Å²) < 4.78 is 23.1. The van der Waals surface area contributed by atoms with Gasteiger partial charge in [-0.05, 0) is 43.3 Å². The molecule has 0 aliphatic rings. The lowest BCUT2D eigenvalue weighted by Crippen LogP contribution is -2.10. The van der Waals surface area contributed by atoms with Crippen LogP contribution in [0.25, 0.3) is 0 Å². The van der Waals surface area contributed by atoms with E-state index in [1.165, 1.54) is 0 Å². The summed E-state index contributed by atoms with van der Waals surface area (Å²) in [7, 11) is 1.61. The molecule has 1 N–H and O–H groups in total. The fourth-order valence-corrected chi connectivity index (χ4v) is 2.28. The standard InChI is InChI=1S/C19H21N3O5/c1-3-25-13-22-11-14(10-20-22)21-19(23)18-9-8-17(27-18)12-26-16-6-4-15(24-2)5-7-16/h4-11H,3,12-13H2,1-2H3,(H,21,23). The molecule has 2 heterocycles. The summed E-state index contributed by atoms with van der Waals surface area (Å²) in [5.74, 6) is 1.81. The van der Waals surface area contributed by atoms with Gasteiger partial charge in [0.05, 0.1) is 25.2 Å². The predicted octanol–water partition coefficient (Wildman–Crippen LogP) is 3.31. The van der Waals surface area contributed by atoms with Crippen molar-refractivity contribution in [2.24, 2.45) is 0 Å². The minimum absolute atomic E-state index is 0.195. The van der Waals surface area contributed by atoms with Crippen LogP contribution in [0.1, 0.15) is 23.2 Å². The van der Waals surface area contributed by atoms with Crippen molar-refractivity contribution in [3.63, 3.8) is 0 Å². The van der Waals surface area contributed by atoms with Crippen molar-refractivity contribution in [3.05, 3.63) is 60.3 Å². The Morgan fingerprint density at radius 2 is 1.96 bits per heavy atom. The number of furan rings is 1. The molecule has 0 bridgehead atoms. The van der Waals surface area contributed by atoms with E-state index in [1.54, 1.807) is 48.5 Å². The molecule has 142 valence electrons. The van der Waals surface area contributed by atoms with Crippen LogP contribution in [-0.4, -0.2) is 29.4 Å². The summed E-state index contributed by atoms with van der Waals surface area (Å²) in [6.45, 7) is 3.04. The highest BCUT2D eigenvalue weighted by Crippen LogP contribution is 2.19. The molecule has 0 spiro atoms. The number of amides is 1. The molecular formula is C19H21N3O5. The normalized spacial score (nSPS) is 10.6. The Balaban J connectivity index is 1.53. The molecule has 0 saturated carbocycles. The van der Waals surface area contributed by atoms with Gasteiger partial charge in [-0.15, -0.1) is 0 Å². The molecule has 3 aromatic rings. The lowest BCUT2D eigenvalue weighted by atomic mass is 10.3. The largest absolute Gasteiger partial charge is 0.497 e. The number of aromatic nitrogens is 2. The molecule has 0 unspecified atom stereocenters. The van der Waals surface area contributed by atoms with Gasteiger partial charge in [0.2, 0.25) is 0 Å². The zero-order valence-corrected chi connectivity index (χ0v) is 15.2. The van der Waals surface area contributed by atoms with Crippen molar-refractivity contribution in [2.45, 2.75) is 20.3 Å². The van der Waals surface area contributed by atoms with Crippen molar-refractivity contribution in [1.82, 2.24) is 9.78 Å². The van der Waals surface area contributed by atoms with Crippen LogP contribution in [0.2, 0.25) is 0 Å². The maximum atomic E-state index is 12.3. The van der Waals surface area contributed by atoms with E-state index in [0.717, 1.165) is 5.75 Å². The Hall–Kier alpha value is -3.26.